The molecule has 2 unspecified atom stereocenters. The number of H-pyrrole nitrogens is 1. The monoisotopic (exact) mass is 475 g/mol. The molecule has 0 bridgehead atoms. The van der Waals surface area contributed by atoms with E-state index in [2.05, 4.69) is 49.6 Å². The third-order valence-electron chi connectivity index (χ3n) is 7.89. The molecule has 2 nitrogen and oxygen atoms in total. The Bertz CT molecular complexity index is 535. The van der Waals surface area contributed by atoms with Crippen molar-refractivity contribution in [3.8, 4) is 0 Å². The highest BCUT2D eigenvalue weighted by molar-refractivity contribution is 4.90. The summed E-state index contributed by atoms with van der Waals surface area (Å²) in [6.45, 7) is 9.37. The molecule has 0 fully saturated rings. The van der Waals surface area contributed by atoms with Crippen molar-refractivity contribution in [2.45, 2.75) is 187 Å². The van der Waals surface area contributed by atoms with E-state index in [0.29, 0.717) is 12.0 Å². The molecule has 0 aliphatic rings. The number of nitrogens with one attached hydrogen (secondary N) is 1. The fourth-order valence-corrected chi connectivity index (χ4v) is 5.54. The Labute approximate surface area is 215 Å². The van der Waals surface area contributed by atoms with Crippen molar-refractivity contribution in [2.75, 3.05) is 0 Å². The maximum absolute atomic E-state index is 3.69. The number of rotatable bonds is 25. The third-order valence-corrected chi connectivity index (χ3v) is 7.89. The molecule has 0 saturated heterocycles. The minimum absolute atomic E-state index is 0.623. The number of imidazole rings is 1. The minimum Gasteiger partial charge on any atom is -0.247 e. The van der Waals surface area contributed by atoms with Gasteiger partial charge >= 0.3 is 0 Å². The molecule has 1 aromatic heterocycles. The number of hydrogen-bond acceptors (Lipinski definition) is 0. The van der Waals surface area contributed by atoms with Gasteiger partial charge in [0.2, 0.25) is 0 Å². The van der Waals surface area contributed by atoms with Crippen LogP contribution in [-0.4, -0.2) is 4.98 Å². The molecule has 0 aliphatic heterocycles. The van der Waals surface area contributed by atoms with E-state index in [9.17, 15) is 0 Å². The summed E-state index contributed by atoms with van der Waals surface area (Å²) in [6, 6.07) is 0.623. The average molecular weight is 476 g/mol. The van der Waals surface area contributed by atoms with Crippen molar-refractivity contribution >= 4 is 0 Å². The Morgan fingerprint density at radius 1 is 0.559 bits per heavy atom. The second-order valence-electron chi connectivity index (χ2n) is 11.2. The van der Waals surface area contributed by atoms with E-state index in [-0.39, 0.29) is 0 Å². The van der Waals surface area contributed by atoms with E-state index in [1.165, 1.54) is 154 Å². The standard InChI is InChI=1S/C32H62N2/c1-5-8-11-14-15-16-17-18-19-20-21-24-27-31(26-23-13-10-7-3)32-33-28-29-34(32)30(4)25-22-12-9-6-2/h28-31H,5-27H2,1-4H3/p+1. The van der Waals surface area contributed by atoms with Crippen LogP contribution in [0.1, 0.15) is 193 Å². The maximum atomic E-state index is 3.69. The van der Waals surface area contributed by atoms with Crippen LogP contribution in [0.5, 0.6) is 0 Å². The molecule has 34 heavy (non-hydrogen) atoms. The van der Waals surface area contributed by atoms with Gasteiger partial charge in [0, 0.05) is 0 Å². The number of unbranched alkanes of at least 4 members (excludes halogenated alkanes) is 17. The van der Waals surface area contributed by atoms with Gasteiger partial charge in [0.05, 0.1) is 12.0 Å². The quantitative estimate of drug-likeness (QED) is 0.107. The van der Waals surface area contributed by atoms with Crippen LogP contribution in [0, 0.1) is 0 Å². The Morgan fingerprint density at radius 2 is 0.941 bits per heavy atom. The van der Waals surface area contributed by atoms with Gasteiger partial charge in [-0.25, -0.2) is 9.55 Å². The van der Waals surface area contributed by atoms with Crippen LogP contribution in [0.3, 0.4) is 0 Å². The highest BCUT2D eigenvalue weighted by atomic mass is 15.1. The van der Waals surface area contributed by atoms with Crippen molar-refractivity contribution in [3.63, 3.8) is 0 Å². The van der Waals surface area contributed by atoms with Gasteiger partial charge in [0.25, 0.3) is 5.82 Å². The predicted octanol–water partition coefficient (Wildman–Crippen LogP) is 11.0. The number of aromatic nitrogens is 2. The normalized spacial score (nSPS) is 13.4. The van der Waals surface area contributed by atoms with Gasteiger partial charge in [-0.1, -0.05) is 143 Å². The summed E-state index contributed by atoms with van der Waals surface area (Å²) in [4.78, 5) is 3.69. The van der Waals surface area contributed by atoms with Crippen LogP contribution in [0.25, 0.3) is 0 Å². The van der Waals surface area contributed by atoms with Crippen molar-refractivity contribution < 1.29 is 4.57 Å². The molecule has 0 saturated carbocycles. The average Bonchev–Trinajstić information content (AvgIpc) is 3.33. The fraction of sp³-hybridized carbons (Fsp3) is 0.906. The van der Waals surface area contributed by atoms with Crippen LogP contribution in [0.2, 0.25) is 0 Å². The lowest BCUT2D eigenvalue weighted by atomic mass is 9.93. The van der Waals surface area contributed by atoms with Gasteiger partial charge in [0.1, 0.15) is 12.4 Å². The first-order valence-electron chi connectivity index (χ1n) is 15.8. The smallest absolute Gasteiger partial charge is 0.247 e. The van der Waals surface area contributed by atoms with Crippen LogP contribution >= 0.6 is 0 Å². The molecule has 0 amide bonds. The first-order chi connectivity index (χ1) is 16.7. The van der Waals surface area contributed by atoms with E-state index in [1.807, 2.05) is 0 Å². The van der Waals surface area contributed by atoms with Crippen molar-refractivity contribution in [3.05, 3.63) is 18.2 Å². The summed E-state index contributed by atoms with van der Waals surface area (Å²) in [7, 11) is 0. The Morgan fingerprint density at radius 3 is 1.41 bits per heavy atom. The van der Waals surface area contributed by atoms with Crippen molar-refractivity contribution in [1.29, 1.82) is 0 Å². The highest BCUT2D eigenvalue weighted by Crippen LogP contribution is 2.27. The minimum atomic E-state index is 0.623. The molecule has 0 aromatic carbocycles. The van der Waals surface area contributed by atoms with Crippen molar-refractivity contribution in [1.82, 2.24) is 4.98 Å². The fourth-order valence-electron chi connectivity index (χ4n) is 5.54. The van der Waals surface area contributed by atoms with Crippen LogP contribution in [0.4, 0.5) is 0 Å². The molecule has 1 heterocycles. The Kier molecular flexibility index (Phi) is 20.8. The van der Waals surface area contributed by atoms with Gasteiger partial charge in [0.15, 0.2) is 0 Å². The topological polar surface area (TPSA) is 19.7 Å². The SMILES string of the molecule is CCCCCCCCCCCCCCC(CCCCCC)c1[nH]cc[n+]1C(C)CCCCCC. The lowest BCUT2D eigenvalue weighted by Crippen LogP contribution is -2.41. The molecule has 1 aromatic rings. The van der Waals surface area contributed by atoms with E-state index in [0.717, 1.165) is 0 Å². The molecule has 2 heteroatoms. The lowest BCUT2D eigenvalue weighted by molar-refractivity contribution is -0.727. The number of hydrogen-bond donors (Lipinski definition) is 1. The van der Waals surface area contributed by atoms with Gasteiger partial charge in [-0.3, -0.25) is 0 Å². The molecular formula is C32H63N2+. The van der Waals surface area contributed by atoms with E-state index in [4.69, 9.17) is 0 Å². The molecule has 200 valence electrons. The summed E-state index contributed by atoms with van der Waals surface area (Å²) < 4.78 is 2.59. The van der Waals surface area contributed by atoms with Crippen molar-refractivity contribution in [2.24, 2.45) is 0 Å². The van der Waals surface area contributed by atoms with Crippen LogP contribution < -0.4 is 4.57 Å². The second kappa shape index (κ2) is 22.7. The van der Waals surface area contributed by atoms with Crippen LogP contribution in [0.15, 0.2) is 12.4 Å². The molecule has 0 aliphatic carbocycles. The number of nitrogens with zero attached hydrogens (tertiary/aromatic N) is 1. The molecule has 0 radical (unpaired) electrons. The highest BCUT2D eigenvalue weighted by Gasteiger charge is 2.25. The summed E-state index contributed by atoms with van der Waals surface area (Å²) in [6.07, 6.45) is 36.8. The summed E-state index contributed by atoms with van der Waals surface area (Å²) in [5.41, 5.74) is 0. The van der Waals surface area contributed by atoms with Gasteiger partial charge in [-0.15, -0.1) is 0 Å². The summed E-state index contributed by atoms with van der Waals surface area (Å²) in [5, 5.41) is 0. The lowest BCUT2D eigenvalue weighted by Gasteiger charge is -2.17. The number of aromatic amines is 1. The van der Waals surface area contributed by atoms with Gasteiger partial charge in [-0.2, -0.15) is 0 Å². The summed E-state index contributed by atoms with van der Waals surface area (Å²) in [5.74, 6) is 2.23. The molecular weight excluding hydrogens is 412 g/mol. The first kappa shape index (κ1) is 31.2. The molecule has 1 N–H and O–H groups in total. The third kappa shape index (κ3) is 15.3. The summed E-state index contributed by atoms with van der Waals surface area (Å²) >= 11 is 0. The maximum Gasteiger partial charge on any atom is 0.257 e. The molecule has 0 spiro atoms. The second-order valence-corrected chi connectivity index (χ2v) is 11.2. The van der Waals surface area contributed by atoms with Gasteiger partial charge < -0.3 is 0 Å². The Balaban J connectivity index is 2.37. The van der Waals surface area contributed by atoms with E-state index >= 15 is 0 Å². The molecule has 1 rings (SSSR count). The Hall–Kier alpha value is -0.790. The molecule has 2 atom stereocenters. The largest absolute Gasteiger partial charge is 0.257 e. The van der Waals surface area contributed by atoms with E-state index < -0.39 is 0 Å². The van der Waals surface area contributed by atoms with Gasteiger partial charge in [-0.05, 0) is 32.6 Å². The zero-order valence-electron chi connectivity index (χ0n) is 24.0. The predicted molar refractivity (Wildman–Crippen MR) is 152 cm³/mol. The first-order valence-corrected chi connectivity index (χ1v) is 15.8. The van der Waals surface area contributed by atoms with E-state index in [1.54, 1.807) is 0 Å². The zero-order valence-corrected chi connectivity index (χ0v) is 24.0. The zero-order chi connectivity index (χ0) is 24.7. The van der Waals surface area contributed by atoms with Crippen LogP contribution in [-0.2, 0) is 0 Å².